The van der Waals surface area contributed by atoms with E-state index in [1.807, 2.05) is 0 Å². The summed E-state index contributed by atoms with van der Waals surface area (Å²) in [4.78, 5) is 2.36. The Hall–Kier alpha value is -3.26. The standard InChI is InChI=1S/C17H11F4N3O3S/c18-12-5-9(7-22)1-4-13(12)24-28(25,26)15-8-23-14-6-10(2-3-11(14)15)27-17(21)16(19)20/h1-6,8,16-17,23-24H. The number of rotatable bonds is 6. The van der Waals surface area contributed by atoms with E-state index in [0.29, 0.717) is 0 Å². The van der Waals surface area contributed by atoms with Gasteiger partial charge >= 0.3 is 6.43 Å². The molecule has 0 spiro atoms. The number of fused-ring (bicyclic) bond motifs is 1. The van der Waals surface area contributed by atoms with Crippen molar-refractivity contribution in [2.75, 3.05) is 4.72 Å². The molecule has 1 atom stereocenters. The molecule has 146 valence electrons. The van der Waals surface area contributed by atoms with Crippen LogP contribution in [0.5, 0.6) is 5.75 Å². The molecule has 0 saturated heterocycles. The number of benzene rings is 2. The van der Waals surface area contributed by atoms with Gasteiger partial charge in [0.15, 0.2) is 0 Å². The lowest BCUT2D eigenvalue weighted by atomic mass is 10.2. The predicted octanol–water partition coefficient (Wildman–Crippen LogP) is 3.92. The maximum atomic E-state index is 14.0. The van der Waals surface area contributed by atoms with Crippen LogP contribution in [-0.4, -0.2) is 26.2 Å². The fourth-order valence-electron chi connectivity index (χ4n) is 2.42. The second-order valence-electron chi connectivity index (χ2n) is 5.58. The molecular weight excluding hydrogens is 402 g/mol. The average Bonchev–Trinajstić information content (AvgIpc) is 3.07. The minimum absolute atomic E-state index is 0.0232. The highest BCUT2D eigenvalue weighted by Crippen LogP contribution is 2.29. The van der Waals surface area contributed by atoms with E-state index in [-0.39, 0.29) is 32.8 Å². The van der Waals surface area contributed by atoms with E-state index in [2.05, 4.69) is 14.4 Å². The molecule has 1 heterocycles. The van der Waals surface area contributed by atoms with E-state index < -0.39 is 28.6 Å². The maximum absolute atomic E-state index is 14.0. The van der Waals surface area contributed by atoms with Crippen LogP contribution < -0.4 is 9.46 Å². The van der Waals surface area contributed by atoms with Gasteiger partial charge in [-0.2, -0.15) is 9.65 Å². The summed E-state index contributed by atoms with van der Waals surface area (Å²) >= 11 is 0. The fourth-order valence-corrected chi connectivity index (χ4v) is 3.67. The van der Waals surface area contributed by atoms with Crippen LogP contribution in [0.2, 0.25) is 0 Å². The number of ether oxygens (including phenoxy) is 1. The van der Waals surface area contributed by atoms with Gasteiger partial charge in [0, 0.05) is 17.6 Å². The summed E-state index contributed by atoms with van der Waals surface area (Å²) < 4.78 is 83.1. The molecule has 28 heavy (non-hydrogen) atoms. The van der Waals surface area contributed by atoms with Crippen LogP contribution in [0.3, 0.4) is 0 Å². The number of nitriles is 1. The van der Waals surface area contributed by atoms with Crippen LogP contribution in [0.25, 0.3) is 10.9 Å². The average molecular weight is 413 g/mol. The normalized spacial score (nSPS) is 12.7. The molecule has 6 nitrogen and oxygen atoms in total. The molecule has 3 aromatic rings. The molecule has 0 bridgehead atoms. The van der Waals surface area contributed by atoms with Gasteiger partial charge in [0.2, 0.25) is 0 Å². The molecule has 0 radical (unpaired) electrons. The number of sulfonamides is 1. The largest absolute Gasteiger partial charge is 0.454 e. The van der Waals surface area contributed by atoms with Crippen molar-refractivity contribution >= 4 is 26.6 Å². The summed E-state index contributed by atoms with van der Waals surface area (Å²) in [7, 11) is -4.23. The summed E-state index contributed by atoms with van der Waals surface area (Å²) in [6, 6.07) is 8.49. The van der Waals surface area contributed by atoms with Crippen LogP contribution in [-0.2, 0) is 10.0 Å². The third-order valence-corrected chi connectivity index (χ3v) is 5.10. The molecular formula is C17H11F4N3O3S. The van der Waals surface area contributed by atoms with Crippen LogP contribution in [0.1, 0.15) is 5.56 Å². The van der Waals surface area contributed by atoms with Crippen molar-refractivity contribution in [3.63, 3.8) is 0 Å². The highest BCUT2D eigenvalue weighted by atomic mass is 32.2. The van der Waals surface area contributed by atoms with E-state index in [1.54, 1.807) is 6.07 Å². The fraction of sp³-hybridized carbons (Fsp3) is 0.118. The number of H-pyrrole nitrogens is 1. The Morgan fingerprint density at radius 1 is 1.14 bits per heavy atom. The lowest BCUT2D eigenvalue weighted by Crippen LogP contribution is -2.19. The van der Waals surface area contributed by atoms with E-state index in [1.165, 1.54) is 12.1 Å². The summed E-state index contributed by atoms with van der Waals surface area (Å²) in [5.74, 6) is -1.16. The van der Waals surface area contributed by atoms with Crippen LogP contribution >= 0.6 is 0 Å². The summed E-state index contributed by atoms with van der Waals surface area (Å²) in [5.41, 5.74) is -0.153. The molecule has 0 aliphatic rings. The van der Waals surface area contributed by atoms with Crippen molar-refractivity contribution in [3.05, 3.63) is 54.0 Å². The van der Waals surface area contributed by atoms with Crippen molar-refractivity contribution in [1.29, 1.82) is 5.26 Å². The first kappa shape index (κ1) is 19.5. The first-order valence-corrected chi connectivity index (χ1v) is 9.12. The zero-order valence-electron chi connectivity index (χ0n) is 13.8. The summed E-state index contributed by atoms with van der Waals surface area (Å²) in [6.07, 6.45) is -5.04. The molecule has 0 aliphatic carbocycles. The lowest BCUT2D eigenvalue weighted by molar-refractivity contribution is -0.0668. The summed E-state index contributed by atoms with van der Waals surface area (Å²) in [5, 5.41) is 8.88. The van der Waals surface area contributed by atoms with Crippen molar-refractivity contribution in [3.8, 4) is 11.8 Å². The van der Waals surface area contributed by atoms with Crippen LogP contribution in [0, 0.1) is 17.1 Å². The topological polar surface area (TPSA) is 95.0 Å². The second-order valence-corrected chi connectivity index (χ2v) is 7.23. The molecule has 3 rings (SSSR count). The molecule has 1 aromatic heterocycles. The van der Waals surface area contributed by atoms with Gasteiger partial charge in [0.05, 0.1) is 22.8 Å². The number of nitrogens with one attached hydrogen (secondary N) is 2. The third-order valence-electron chi connectivity index (χ3n) is 3.69. The van der Waals surface area contributed by atoms with Crippen LogP contribution in [0.15, 0.2) is 47.5 Å². The Kier molecular flexibility index (Phi) is 5.15. The van der Waals surface area contributed by atoms with Gasteiger partial charge in [-0.1, -0.05) is 0 Å². The quantitative estimate of drug-likeness (QED) is 0.599. The molecule has 2 N–H and O–H groups in total. The van der Waals surface area contributed by atoms with Crippen molar-refractivity contribution in [1.82, 2.24) is 4.98 Å². The molecule has 11 heteroatoms. The van der Waals surface area contributed by atoms with Gasteiger partial charge in [0.1, 0.15) is 16.5 Å². The Morgan fingerprint density at radius 2 is 1.89 bits per heavy atom. The first-order chi connectivity index (χ1) is 13.2. The third kappa shape index (κ3) is 3.86. The Balaban J connectivity index is 1.91. The minimum atomic E-state index is -4.23. The molecule has 2 aromatic carbocycles. The monoisotopic (exact) mass is 413 g/mol. The Labute approximate surface area is 156 Å². The molecule has 0 amide bonds. The van der Waals surface area contributed by atoms with Gasteiger partial charge < -0.3 is 9.72 Å². The molecule has 0 saturated carbocycles. The van der Waals surface area contributed by atoms with Crippen molar-refractivity contribution in [2.45, 2.75) is 17.7 Å². The van der Waals surface area contributed by atoms with E-state index >= 15 is 0 Å². The van der Waals surface area contributed by atoms with E-state index in [4.69, 9.17) is 5.26 Å². The van der Waals surface area contributed by atoms with Gasteiger partial charge in [-0.05, 0) is 30.3 Å². The highest BCUT2D eigenvalue weighted by molar-refractivity contribution is 7.93. The zero-order valence-corrected chi connectivity index (χ0v) is 14.6. The summed E-state index contributed by atoms with van der Waals surface area (Å²) in [6.45, 7) is 0. The van der Waals surface area contributed by atoms with E-state index in [9.17, 15) is 26.0 Å². The van der Waals surface area contributed by atoms with Crippen molar-refractivity contribution < 1.29 is 30.7 Å². The first-order valence-electron chi connectivity index (χ1n) is 7.64. The van der Waals surface area contributed by atoms with E-state index in [0.717, 1.165) is 30.5 Å². The lowest BCUT2D eigenvalue weighted by Gasteiger charge is -2.11. The number of anilines is 1. The number of hydrogen-bond acceptors (Lipinski definition) is 4. The number of aromatic nitrogens is 1. The smallest absolute Gasteiger partial charge is 0.304 e. The van der Waals surface area contributed by atoms with Crippen molar-refractivity contribution in [2.24, 2.45) is 0 Å². The Morgan fingerprint density at radius 3 is 2.54 bits per heavy atom. The number of nitrogens with zero attached hydrogens (tertiary/aromatic N) is 1. The highest BCUT2D eigenvalue weighted by Gasteiger charge is 2.23. The molecule has 1 unspecified atom stereocenters. The number of halogens is 4. The maximum Gasteiger partial charge on any atom is 0.304 e. The number of hydrogen-bond donors (Lipinski definition) is 2. The van der Waals surface area contributed by atoms with Gasteiger partial charge in [-0.25, -0.2) is 21.6 Å². The van der Waals surface area contributed by atoms with Gasteiger partial charge in [-0.15, -0.1) is 0 Å². The number of aromatic amines is 1. The zero-order chi connectivity index (χ0) is 20.5. The molecule has 0 fully saturated rings. The number of alkyl halides is 3. The van der Waals surface area contributed by atoms with Gasteiger partial charge in [0.25, 0.3) is 16.4 Å². The second kappa shape index (κ2) is 7.40. The van der Waals surface area contributed by atoms with Crippen LogP contribution in [0.4, 0.5) is 23.2 Å². The SMILES string of the molecule is N#Cc1ccc(NS(=O)(=O)c2c[nH]c3cc(OC(F)C(F)F)ccc23)c(F)c1. The predicted molar refractivity (Wildman–Crippen MR) is 91.8 cm³/mol. The Bertz CT molecular complexity index is 1170. The van der Waals surface area contributed by atoms with Gasteiger partial charge in [-0.3, -0.25) is 4.72 Å². The molecule has 0 aliphatic heterocycles. The minimum Gasteiger partial charge on any atom is -0.454 e.